The second-order valence-electron chi connectivity index (χ2n) is 7.02. The number of benzene rings is 1. The van der Waals surface area contributed by atoms with Gasteiger partial charge in [-0.15, -0.1) is 5.10 Å². The number of carbonyl (C=O) groups is 2. The van der Waals surface area contributed by atoms with E-state index in [0.29, 0.717) is 25.2 Å². The Morgan fingerprint density at radius 1 is 1.10 bits per heavy atom. The molecule has 8 heteroatoms. The summed E-state index contributed by atoms with van der Waals surface area (Å²) in [7, 11) is 0. The molecule has 3 heterocycles. The fourth-order valence-electron chi connectivity index (χ4n) is 3.53. The van der Waals surface area contributed by atoms with Gasteiger partial charge in [0, 0.05) is 31.0 Å². The van der Waals surface area contributed by atoms with Gasteiger partial charge in [-0.25, -0.2) is 4.68 Å². The van der Waals surface area contributed by atoms with Gasteiger partial charge in [-0.3, -0.25) is 14.6 Å². The first-order chi connectivity index (χ1) is 14.2. The van der Waals surface area contributed by atoms with Crippen LogP contribution in [0.4, 0.5) is 0 Å². The lowest BCUT2D eigenvalue weighted by Gasteiger charge is -2.24. The van der Waals surface area contributed by atoms with E-state index in [1.807, 2.05) is 35.2 Å². The van der Waals surface area contributed by atoms with Crippen LogP contribution in [0.1, 0.15) is 39.3 Å². The molecule has 3 aromatic rings. The number of hydrogen-bond donors (Lipinski definition) is 1. The van der Waals surface area contributed by atoms with Crippen LogP contribution in [0.3, 0.4) is 0 Å². The Morgan fingerprint density at radius 3 is 2.69 bits per heavy atom. The molecule has 1 fully saturated rings. The van der Waals surface area contributed by atoms with E-state index in [2.05, 4.69) is 20.6 Å². The largest absolute Gasteiger partial charge is 0.347 e. The Bertz CT molecular complexity index is 973. The maximum absolute atomic E-state index is 12.8. The molecule has 0 saturated carbocycles. The second kappa shape index (κ2) is 8.64. The minimum atomic E-state index is -0.267. The highest BCUT2D eigenvalue weighted by molar-refractivity contribution is 5.94. The van der Waals surface area contributed by atoms with Gasteiger partial charge in [0.05, 0.1) is 18.8 Å². The van der Waals surface area contributed by atoms with E-state index in [9.17, 15) is 9.59 Å². The molecule has 0 bridgehead atoms. The van der Waals surface area contributed by atoms with Crippen LogP contribution in [0.25, 0.3) is 0 Å². The van der Waals surface area contributed by atoms with Crippen molar-refractivity contribution in [3.05, 3.63) is 77.9 Å². The molecule has 1 atom stereocenters. The van der Waals surface area contributed by atoms with E-state index in [-0.39, 0.29) is 23.6 Å². The third-order valence-electron chi connectivity index (χ3n) is 5.03. The molecule has 4 rings (SSSR count). The van der Waals surface area contributed by atoms with Gasteiger partial charge in [0.2, 0.25) is 0 Å². The molecule has 1 aliphatic rings. The zero-order valence-electron chi connectivity index (χ0n) is 15.9. The van der Waals surface area contributed by atoms with E-state index < -0.39 is 0 Å². The van der Waals surface area contributed by atoms with Gasteiger partial charge in [0.25, 0.3) is 11.8 Å². The van der Waals surface area contributed by atoms with Crippen molar-refractivity contribution in [2.24, 2.45) is 0 Å². The number of nitrogens with zero attached hydrogens (tertiary/aromatic N) is 5. The van der Waals surface area contributed by atoms with Crippen molar-refractivity contribution < 1.29 is 9.59 Å². The Labute approximate surface area is 168 Å². The summed E-state index contributed by atoms with van der Waals surface area (Å²) >= 11 is 0. The molecule has 29 heavy (non-hydrogen) atoms. The number of nitrogens with one attached hydrogen (secondary N) is 1. The predicted octanol–water partition coefficient (Wildman–Crippen LogP) is 1.91. The molecule has 1 aliphatic heterocycles. The van der Waals surface area contributed by atoms with Crippen LogP contribution in [0.5, 0.6) is 0 Å². The SMILES string of the molecule is O=C(NCc1ccccc1)c1cn(C[C@@H]2CCCN2C(=O)c2ccncc2)nn1. The summed E-state index contributed by atoms with van der Waals surface area (Å²) in [5.74, 6) is -0.271. The highest BCUT2D eigenvalue weighted by atomic mass is 16.2. The first kappa shape index (κ1) is 18.8. The molecule has 0 radical (unpaired) electrons. The lowest BCUT2D eigenvalue weighted by atomic mass is 10.2. The molecule has 2 amide bonds. The lowest BCUT2D eigenvalue weighted by Crippen LogP contribution is -2.38. The number of rotatable bonds is 6. The summed E-state index contributed by atoms with van der Waals surface area (Å²) in [4.78, 5) is 30.9. The fraction of sp³-hybridized carbons (Fsp3) is 0.286. The fourth-order valence-corrected chi connectivity index (χ4v) is 3.53. The summed E-state index contributed by atoms with van der Waals surface area (Å²) in [6.45, 7) is 1.66. The van der Waals surface area contributed by atoms with Crippen molar-refractivity contribution in [1.29, 1.82) is 0 Å². The van der Waals surface area contributed by atoms with Crippen molar-refractivity contribution in [3.8, 4) is 0 Å². The second-order valence-corrected chi connectivity index (χ2v) is 7.02. The van der Waals surface area contributed by atoms with Crippen molar-refractivity contribution in [3.63, 3.8) is 0 Å². The molecular weight excluding hydrogens is 368 g/mol. The highest BCUT2D eigenvalue weighted by Gasteiger charge is 2.30. The highest BCUT2D eigenvalue weighted by Crippen LogP contribution is 2.21. The predicted molar refractivity (Wildman–Crippen MR) is 106 cm³/mol. The van der Waals surface area contributed by atoms with Crippen LogP contribution in [-0.2, 0) is 13.1 Å². The third kappa shape index (κ3) is 4.48. The number of pyridine rings is 1. The van der Waals surface area contributed by atoms with Crippen molar-refractivity contribution >= 4 is 11.8 Å². The first-order valence-corrected chi connectivity index (χ1v) is 9.64. The quantitative estimate of drug-likeness (QED) is 0.694. The summed E-state index contributed by atoms with van der Waals surface area (Å²) in [6.07, 6.45) is 6.71. The molecule has 0 aliphatic carbocycles. The van der Waals surface area contributed by atoms with Crippen molar-refractivity contribution in [2.75, 3.05) is 6.54 Å². The molecule has 1 saturated heterocycles. The van der Waals surface area contributed by atoms with E-state index in [1.54, 1.807) is 35.4 Å². The number of likely N-dealkylation sites (tertiary alicyclic amines) is 1. The van der Waals surface area contributed by atoms with E-state index >= 15 is 0 Å². The number of amides is 2. The Morgan fingerprint density at radius 2 is 1.90 bits per heavy atom. The molecule has 1 N–H and O–H groups in total. The average Bonchev–Trinajstić information content (AvgIpc) is 3.43. The van der Waals surface area contributed by atoms with Crippen LogP contribution >= 0.6 is 0 Å². The lowest BCUT2D eigenvalue weighted by molar-refractivity contribution is 0.0720. The van der Waals surface area contributed by atoms with Crippen LogP contribution in [0.15, 0.2) is 61.1 Å². The minimum absolute atomic E-state index is 0.00385. The number of carbonyl (C=O) groups excluding carboxylic acids is 2. The molecule has 8 nitrogen and oxygen atoms in total. The number of hydrogen-bond acceptors (Lipinski definition) is 5. The molecule has 148 valence electrons. The minimum Gasteiger partial charge on any atom is -0.347 e. The molecule has 0 unspecified atom stereocenters. The topological polar surface area (TPSA) is 93.0 Å². The maximum Gasteiger partial charge on any atom is 0.273 e. The standard InChI is InChI=1S/C21H22N6O2/c28-20(23-13-16-5-2-1-3-6-16)19-15-26(25-24-19)14-18-7-4-12-27(18)21(29)17-8-10-22-11-9-17/h1-3,5-6,8-11,15,18H,4,7,12-14H2,(H,23,28)/t18-/m0/s1. The van der Waals surface area contributed by atoms with E-state index in [0.717, 1.165) is 18.4 Å². The molecular formula is C21H22N6O2. The number of aromatic nitrogens is 4. The van der Waals surface area contributed by atoms with E-state index in [4.69, 9.17) is 0 Å². The van der Waals surface area contributed by atoms with Gasteiger partial charge in [-0.1, -0.05) is 35.5 Å². The Hall–Kier alpha value is -3.55. The van der Waals surface area contributed by atoms with E-state index in [1.165, 1.54) is 0 Å². The summed E-state index contributed by atoms with van der Waals surface area (Å²) in [6, 6.07) is 13.2. The molecule has 1 aromatic carbocycles. The normalized spacial score (nSPS) is 16.0. The van der Waals surface area contributed by atoms with Gasteiger partial charge < -0.3 is 10.2 Å². The van der Waals surface area contributed by atoms with Gasteiger partial charge >= 0.3 is 0 Å². The van der Waals surface area contributed by atoms with Gasteiger partial charge in [0.15, 0.2) is 5.69 Å². The average molecular weight is 390 g/mol. The zero-order chi connectivity index (χ0) is 20.1. The monoisotopic (exact) mass is 390 g/mol. The van der Waals surface area contributed by atoms with Gasteiger partial charge in [-0.05, 0) is 30.5 Å². The molecule has 2 aromatic heterocycles. The molecule has 0 spiro atoms. The van der Waals surface area contributed by atoms with Gasteiger partial charge in [0.1, 0.15) is 0 Å². The first-order valence-electron chi connectivity index (χ1n) is 9.64. The van der Waals surface area contributed by atoms with Crippen LogP contribution in [0.2, 0.25) is 0 Å². The van der Waals surface area contributed by atoms with Gasteiger partial charge in [-0.2, -0.15) is 0 Å². The smallest absolute Gasteiger partial charge is 0.273 e. The van der Waals surface area contributed by atoms with Crippen LogP contribution in [-0.4, -0.2) is 49.3 Å². The maximum atomic E-state index is 12.8. The Balaban J connectivity index is 1.37. The summed E-state index contributed by atoms with van der Waals surface area (Å²) in [5, 5.41) is 10.9. The Kier molecular flexibility index (Phi) is 5.60. The van der Waals surface area contributed by atoms with Crippen molar-refractivity contribution in [2.45, 2.75) is 32.0 Å². The van der Waals surface area contributed by atoms with Crippen LogP contribution < -0.4 is 5.32 Å². The zero-order valence-corrected chi connectivity index (χ0v) is 15.9. The van der Waals surface area contributed by atoms with Crippen molar-refractivity contribution in [1.82, 2.24) is 30.2 Å². The third-order valence-corrected chi connectivity index (χ3v) is 5.03. The summed E-state index contributed by atoms with van der Waals surface area (Å²) < 4.78 is 1.64. The van der Waals surface area contributed by atoms with Crippen LogP contribution in [0, 0.1) is 0 Å². The summed E-state index contributed by atoms with van der Waals surface area (Å²) in [5.41, 5.74) is 1.92.